The monoisotopic (exact) mass is 362 g/mol. The minimum absolute atomic E-state index is 0.225. The van der Waals surface area contributed by atoms with Crippen LogP contribution in [0.1, 0.15) is 38.2 Å². The Balaban J connectivity index is 2.53. The van der Waals surface area contributed by atoms with Gasteiger partial charge in [-0.3, -0.25) is 4.79 Å². The first-order valence-corrected chi connectivity index (χ1v) is 9.99. The predicted molar refractivity (Wildman–Crippen MR) is 93.4 cm³/mol. The van der Waals surface area contributed by atoms with Gasteiger partial charge in [0.1, 0.15) is 5.75 Å². The lowest BCUT2D eigenvalue weighted by Crippen LogP contribution is -2.22. The van der Waals surface area contributed by atoms with Crippen LogP contribution < -0.4 is 4.74 Å². The topological polar surface area (TPSA) is 44.8 Å². The van der Waals surface area contributed by atoms with Gasteiger partial charge < -0.3 is 13.7 Å². The van der Waals surface area contributed by atoms with Crippen molar-refractivity contribution >= 4 is 25.7 Å². The molecule has 0 amide bonds. The summed E-state index contributed by atoms with van der Waals surface area (Å²) in [7, 11) is 0.836. The summed E-state index contributed by atoms with van der Waals surface area (Å²) in [5.74, 6) is 0.0447. The number of esters is 1. The Kier molecular flexibility index (Phi) is 11.3. The maximum atomic E-state index is 12.3. The number of hydrogen-bond donors (Lipinski definition) is 0. The zero-order valence-electron chi connectivity index (χ0n) is 13.5. The molecule has 23 heavy (non-hydrogen) atoms. The molecule has 0 aliphatic heterocycles. The van der Waals surface area contributed by atoms with Crippen molar-refractivity contribution in [2.45, 2.75) is 39.2 Å². The predicted octanol–water partition coefficient (Wildman–Crippen LogP) is 5.08. The smallest absolute Gasteiger partial charge is 0.314 e. The molecule has 2 unspecified atom stereocenters. The van der Waals surface area contributed by atoms with Crippen LogP contribution in [-0.2, 0) is 20.3 Å². The van der Waals surface area contributed by atoms with E-state index in [2.05, 4.69) is 6.92 Å². The average molecular weight is 362 g/mol. The summed E-state index contributed by atoms with van der Waals surface area (Å²) in [5, 5.41) is 0. The molecular formula is C16H24FO4PS. The van der Waals surface area contributed by atoms with Crippen LogP contribution in [0.5, 0.6) is 5.75 Å². The number of benzene rings is 1. The van der Waals surface area contributed by atoms with Crippen LogP contribution >= 0.6 is 19.8 Å². The fourth-order valence-corrected chi connectivity index (χ4v) is 2.71. The molecule has 4 nitrogen and oxygen atoms in total. The van der Waals surface area contributed by atoms with Gasteiger partial charge in [0.05, 0.1) is 30.8 Å². The standard InChI is InChI=1S/C16H24FO4PS/c1-3-4-5-14(10-11-20-23-22-17)16(18)21-15-8-6-13(7-9-15)12-19-2/h6-9,14,22H,3-5,10-12H2,1-2H3. The fourth-order valence-electron chi connectivity index (χ4n) is 2.10. The van der Waals surface area contributed by atoms with E-state index in [1.165, 1.54) is 0 Å². The molecule has 0 aromatic heterocycles. The molecule has 2 atom stereocenters. The van der Waals surface area contributed by atoms with Crippen molar-refractivity contribution in [2.75, 3.05) is 13.7 Å². The van der Waals surface area contributed by atoms with Crippen LogP contribution in [-0.4, -0.2) is 19.7 Å². The fraction of sp³-hybridized carbons (Fsp3) is 0.562. The lowest BCUT2D eigenvalue weighted by atomic mass is 9.99. The summed E-state index contributed by atoms with van der Waals surface area (Å²) in [5.41, 5.74) is 1.02. The van der Waals surface area contributed by atoms with Crippen molar-refractivity contribution < 1.29 is 22.6 Å². The van der Waals surface area contributed by atoms with E-state index in [1.807, 2.05) is 12.1 Å². The molecule has 0 radical (unpaired) electrons. The second-order valence-corrected chi connectivity index (χ2v) is 6.63. The van der Waals surface area contributed by atoms with Gasteiger partial charge in [0.2, 0.25) is 0 Å². The first-order chi connectivity index (χ1) is 11.2. The van der Waals surface area contributed by atoms with Gasteiger partial charge in [-0.15, -0.1) is 0 Å². The lowest BCUT2D eigenvalue weighted by molar-refractivity contribution is -0.139. The number of halogens is 1. The number of carbonyl (C=O) groups excluding carboxylic acids is 1. The van der Waals surface area contributed by atoms with Crippen LogP contribution in [0, 0.1) is 5.92 Å². The molecular weight excluding hydrogens is 338 g/mol. The van der Waals surface area contributed by atoms with Crippen molar-refractivity contribution in [1.82, 2.24) is 0 Å². The molecule has 1 aromatic rings. The van der Waals surface area contributed by atoms with E-state index in [4.69, 9.17) is 13.7 Å². The molecule has 0 N–H and O–H groups in total. The average Bonchev–Trinajstić information content (AvgIpc) is 2.56. The van der Waals surface area contributed by atoms with Gasteiger partial charge in [0.15, 0.2) is 8.09 Å². The number of carbonyl (C=O) groups is 1. The highest BCUT2D eigenvalue weighted by Crippen LogP contribution is 2.31. The zero-order valence-corrected chi connectivity index (χ0v) is 15.4. The van der Waals surface area contributed by atoms with Crippen molar-refractivity contribution in [1.29, 1.82) is 0 Å². The zero-order chi connectivity index (χ0) is 16.9. The molecule has 7 heteroatoms. The quantitative estimate of drug-likeness (QED) is 0.171. The van der Waals surface area contributed by atoms with Gasteiger partial charge >= 0.3 is 5.97 Å². The van der Waals surface area contributed by atoms with Gasteiger partial charge in [-0.1, -0.05) is 31.9 Å². The van der Waals surface area contributed by atoms with Gasteiger partial charge in [-0.2, -0.15) is 0 Å². The summed E-state index contributed by atoms with van der Waals surface area (Å²) < 4.78 is 27.6. The number of ether oxygens (including phenoxy) is 2. The molecule has 0 fully saturated rings. The van der Waals surface area contributed by atoms with Crippen LogP contribution in [0.15, 0.2) is 24.3 Å². The minimum atomic E-state index is -0.799. The van der Waals surface area contributed by atoms with Crippen molar-refractivity contribution in [3.05, 3.63) is 29.8 Å². The largest absolute Gasteiger partial charge is 0.426 e. The molecule has 0 aliphatic carbocycles. The Labute approximate surface area is 143 Å². The highest BCUT2D eigenvalue weighted by molar-refractivity contribution is 8.45. The Hall–Kier alpha value is -0.680. The SMILES string of the molecule is CCCCC(CCOSPF)C(=O)Oc1ccc(COC)cc1. The normalized spacial score (nSPS) is 12.7. The number of hydrogen-bond acceptors (Lipinski definition) is 5. The Bertz CT molecular complexity index is 444. The maximum absolute atomic E-state index is 12.3. The Morgan fingerprint density at radius 3 is 2.65 bits per heavy atom. The van der Waals surface area contributed by atoms with E-state index in [1.54, 1.807) is 19.2 Å². The highest BCUT2D eigenvalue weighted by atomic mass is 32.7. The van der Waals surface area contributed by atoms with Crippen molar-refractivity contribution in [3.8, 4) is 5.75 Å². The van der Waals surface area contributed by atoms with Crippen LogP contribution in [0.4, 0.5) is 4.20 Å². The molecule has 1 aromatic carbocycles. The third-order valence-electron chi connectivity index (χ3n) is 3.33. The van der Waals surface area contributed by atoms with E-state index in [0.29, 0.717) is 25.4 Å². The number of rotatable bonds is 12. The van der Waals surface area contributed by atoms with Crippen LogP contribution in [0.2, 0.25) is 0 Å². The van der Waals surface area contributed by atoms with Crippen molar-refractivity contribution in [2.24, 2.45) is 5.92 Å². The van der Waals surface area contributed by atoms with E-state index in [-0.39, 0.29) is 11.9 Å². The molecule has 0 saturated carbocycles. The molecule has 130 valence electrons. The second kappa shape index (κ2) is 12.7. The number of unbranched alkanes of at least 4 members (excludes halogenated alkanes) is 1. The summed E-state index contributed by atoms with van der Waals surface area (Å²) >= 11 is 0.793. The lowest BCUT2D eigenvalue weighted by Gasteiger charge is -2.15. The van der Waals surface area contributed by atoms with Gasteiger partial charge in [0, 0.05) is 7.11 Å². The Morgan fingerprint density at radius 1 is 1.30 bits per heavy atom. The molecule has 0 spiro atoms. The van der Waals surface area contributed by atoms with E-state index < -0.39 is 8.09 Å². The van der Waals surface area contributed by atoms with Gasteiger partial charge in [-0.05, 0) is 30.5 Å². The Morgan fingerprint density at radius 2 is 2.04 bits per heavy atom. The molecule has 1 rings (SSSR count). The molecule has 0 bridgehead atoms. The molecule has 0 aliphatic rings. The third kappa shape index (κ3) is 8.66. The van der Waals surface area contributed by atoms with Crippen molar-refractivity contribution in [3.63, 3.8) is 0 Å². The van der Waals surface area contributed by atoms with E-state index in [9.17, 15) is 8.99 Å². The second-order valence-electron chi connectivity index (χ2n) is 5.11. The highest BCUT2D eigenvalue weighted by Gasteiger charge is 2.20. The first-order valence-electron chi connectivity index (χ1n) is 7.64. The summed E-state index contributed by atoms with van der Waals surface area (Å²) in [6.07, 6.45) is 3.25. The first kappa shape index (κ1) is 20.4. The van der Waals surface area contributed by atoms with Gasteiger partial charge in [0.25, 0.3) is 0 Å². The number of methoxy groups -OCH3 is 1. The summed E-state index contributed by atoms with van der Waals surface area (Å²) in [4.78, 5) is 12.3. The molecule has 0 heterocycles. The van der Waals surface area contributed by atoms with Crippen LogP contribution in [0.3, 0.4) is 0 Å². The van der Waals surface area contributed by atoms with E-state index in [0.717, 1.165) is 36.5 Å². The van der Waals surface area contributed by atoms with Gasteiger partial charge in [-0.25, -0.2) is 4.20 Å². The maximum Gasteiger partial charge on any atom is 0.314 e. The van der Waals surface area contributed by atoms with Crippen LogP contribution in [0.25, 0.3) is 0 Å². The summed E-state index contributed by atoms with van der Waals surface area (Å²) in [6, 6.07) is 7.27. The van der Waals surface area contributed by atoms with E-state index >= 15 is 0 Å². The molecule has 0 saturated heterocycles. The third-order valence-corrected chi connectivity index (χ3v) is 4.22. The minimum Gasteiger partial charge on any atom is -0.426 e. The summed E-state index contributed by atoms with van der Waals surface area (Å²) in [6.45, 7) is 2.95.